The van der Waals surface area contributed by atoms with Crippen molar-refractivity contribution in [3.05, 3.63) is 23.8 Å². The smallest absolute Gasteiger partial charge is 0.134 e. The Hall–Kier alpha value is -1.91. The highest BCUT2D eigenvalue weighted by atomic mass is 15.3. The molecule has 2 aromatic rings. The molecular weight excluding hydrogens is 238 g/mol. The van der Waals surface area contributed by atoms with E-state index in [2.05, 4.69) is 17.0 Å². The molecule has 5 heteroatoms. The Morgan fingerprint density at radius 1 is 1.37 bits per heavy atom. The predicted octanol–water partition coefficient (Wildman–Crippen LogP) is 2.52. The largest absolute Gasteiger partial charge is 0.383 e. The van der Waals surface area contributed by atoms with Crippen molar-refractivity contribution in [1.29, 1.82) is 0 Å². The van der Waals surface area contributed by atoms with Gasteiger partial charge >= 0.3 is 0 Å². The van der Waals surface area contributed by atoms with E-state index < -0.39 is 0 Å². The summed E-state index contributed by atoms with van der Waals surface area (Å²) in [5, 5.41) is 4.36. The zero-order chi connectivity index (χ0) is 13.4. The van der Waals surface area contributed by atoms with Crippen LogP contribution in [0, 0.1) is 6.92 Å². The van der Waals surface area contributed by atoms with Gasteiger partial charge in [-0.2, -0.15) is 5.10 Å². The average Bonchev–Trinajstić information content (AvgIpc) is 3.14. The van der Waals surface area contributed by atoms with Gasteiger partial charge in [0.25, 0.3) is 0 Å². The number of rotatable bonds is 4. The lowest BCUT2D eigenvalue weighted by atomic mass is 10.1. The maximum absolute atomic E-state index is 6.01. The van der Waals surface area contributed by atoms with Gasteiger partial charge in [-0.05, 0) is 26.2 Å². The summed E-state index contributed by atoms with van der Waals surface area (Å²) in [6, 6.07) is 0. The van der Waals surface area contributed by atoms with Crippen molar-refractivity contribution in [3.8, 4) is 11.3 Å². The van der Waals surface area contributed by atoms with Gasteiger partial charge in [-0.15, -0.1) is 0 Å². The summed E-state index contributed by atoms with van der Waals surface area (Å²) in [4.78, 5) is 9.10. The van der Waals surface area contributed by atoms with Crippen LogP contribution in [0.4, 0.5) is 5.82 Å². The Kier molecular flexibility index (Phi) is 2.97. The molecule has 3 rings (SSSR count). The lowest BCUT2D eigenvalue weighted by molar-refractivity contribution is 0.603. The molecule has 0 spiro atoms. The van der Waals surface area contributed by atoms with Gasteiger partial charge in [0.05, 0.1) is 11.9 Å². The number of aromatic nitrogens is 4. The Bertz CT molecular complexity index is 598. The van der Waals surface area contributed by atoms with E-state index in [1.165, 1.54) is 12.8 Å². The van der Waals surface area contributed by atoms with Crippen molar-refractivity contribution in [2.75, 3.05) is 5.73 Å². The summed E-state index contributed by atoms with van der Waals surface area (Å²) in [6.07, 6.45) is 7.32. The molecule has 2 aromatic heterocycles. The number of nitrogens with two attached hydrogens (primary N) is 1. The Balaban J connectivity index is 2.01. The van der Waals surface area contributed by atoms with Crippen LogP contribution >= 0.6 is 0 Å². The molecular formula is C14H19N5. The molecule has 2 heterocycles. The van der Waals surface area contributed by atoms with Gasteiger partial charge in [0.15, 0.2) is 0 Å². The minimum Gasteiger partial charge on any atom is -0.383 e. The topological polar surface area (TPSA) is 69.6 Å². The highest BCUT2D eigenvalue weighted by molar-refractivity contribution is 5.66. The zero-order valence-electron chi connectivity index (χ0n) is 11.4. The van der Waals surface area contributed by atoms with E-state index in [1.807, 2.05) is 24.0 Å². The molecule has 0 atom stereocenters. The van der Waals surface area contributed by atoms with Crippen LogP contribution < -0.4 is 5.73 Å². The van der Waals surface area contributed by atoms with Gasteiger partial charge in [0.2, 0.25) is 0 Å². The van der Waals surface area contributed by atoms with Crippen molar-refractivity contribution < 1.29 is 0 Å². The highest BCUT2D eigenvalue weighted by Gasteiger charge is 2.28. The molecule has 5 nitrogen and oxygen atoms in total. The second-order valence-corrected chi connectivity index (χ2v) is 5.21. The highest BCUT2D eigenvalue weighted by Crippen LogP contribution is 2.39. The number of anilines is 1. The summed E-state index contributed by atoms with van der Waals surface area (Å²) >= 11 is 0. The average molecular weight is 257 g/mol. The van der Waals surface area contributed by atoms with Gasteiger partial charge in [-0.3, -0.25) is 4.68 Å². The SMILES string of the molecule is CCCn1cc(-c2nc(C3CC3)nc(N)c2C)cn1. The van der Waals surface area contributed by atoms with Gasteiger partial charge in [-0.25, -0.2) is 9.97 Å². The third-order valence-corrected chi connectivity index (χ3v) is 3.50. The summed E-state index contributed by atoms with van der Waals surface area (Å²) in [5.41, 5.74) is 8.91. The van der Waals surface area contributed by atoms with Crippen LogP contribution in [-0.2, 0) is 6.54 Å². The fourth-order valence-corrected chi connectivity index (χ4v) is 2.19. The number of nitrogens with zero attached hydrogens (tertiary/aromatic N) is 4. The summed E-state index contributed by atoms with van der Waals surface area (Å²) in [7, 11) is 0. The van der Waals surface area contributed by atoms with Crippen LogP contribution in [-0.4, -0.2) is 19.7 Å². The first-order valence-corrected chi connectivity index (χ1v) is 6.86. The molecule has 0 aromatic carbocycles. The molecule has 0 bridgehead atoms. The standard InChI is InChI=1S/C14H19N5/c1-3-6-19-8-11(7-16-19)12-9(2)13(15)18-14(17-12)10-4-5-10/h7-8,10H,3-6H2,1-2H3,(H2,15,17,18). The van der Waals surface area contributed by atoms with E-state index in [0.717, 1.165) is 35.6 Å². The molecule has 0 unspecified atom stereocenters. The normalized spacial score (nSPS) is 14.8. The molecule has 0 saturated heterocycles. The Morgan fingerprint density at radius 2 is 2.16 bits per heavy atom. The molecule has 1 saturated carbocycles. The molecule has 2 N–H and O–H groups in total. The van der Waals surface area contributed by atoms with Crippen molar-refractivity contribution in [3.63, 3.8) is 0 Å². The third-order valence-electron chi connectivity index (χ3n) is 3.50. The molecule has 1 aliphatic carbocycles. The number of hydrogen-bond acceptors (Lipinski definition) is 4. The predicted molar refractivity (Wildman–Crippen MR) is 74.7 cm³/mol. The second-order valence-electron chi connectivity index (χ2n) is 5.21. The van der Waals surface area contributed by atoms with Crippen LogP contribution in [0.1, 0.15) is 43.5 Å². The molecule has 100 valence electrons. The van der Waals surface area contributed by atoms with Crippen molar-refractivity contribution in [1.82, 2.24) is 19.7 Å². The molecule has 0 radical (unpaired) electrons. The van der Waals surface area contributed by atoms with Crippen molar-refractivity contribution in [2.24, 2.45) is 0 Å². The van der Waals surface area contributed by atoms with Crippen LogP contribution in [0.15, 0.2) is 12.4 Å². The van der Waals surface area contributed by atoms with Crippen LogP contribution in [0.5, 0.6) is 0 Å². The first-order chi connectivity index (χ1) is 9.19. The van der Waals surface area contributed by atoms with E-state index >= 15 is 0 Å². The van der Waals surface area contributed by atoms with Gasteiger partial charge in [0, 0.05) is 29.8 Å². The lowest BCUT2D eigenvalue weighted by Crippen LogP contribution is -2.04. The molecule has 1 aliphatic rings. The number of nitrogen functional groups attached to an aromatic ring is 1. The summed E-state index contributed by atoms with van der Waals surface area (Å²) in [5.74, 6) is 1.99. The molecule has 0 aliphatic heterocycles. The summed E-state index contributed by atoms with van der Waals surface area (Å²) in [6.45, 7) is 5.04. The quantitative estimate of drug-likeness (QED) is 0.913. The number of hydrogen-bond donors (Lipinski definition) is 1. The van der Waals surface area contributed by atoms with E-state index in [9.17, 15) is 0 Å². The van der Waals surface area contributed by atoms with E-state index in [4.69, 9.17) is 10.7 Å². The minimum atomic E-state index is 0.507. The van der Waals surface area contributed by atoms with Crippen molar-refractivity contribution >= 4 is 5.82 Å². The van der Waals surface area contributed by atoms with Gasteiger partial charge < -0.3 is 5.73 Å². The number of aryl methyl sites for hydroxylation is 1. The Morgan fingerprint density at radius 3 is 2.84 bits per heavy atom. The van der Waals surface area contributed by atoms with E-state index in [0.29, 0.717) is 11.7 Å². The second kappa shape index (κ2) is 4.64. The van der Waals surface area contributed by atoms with Crippen LogP contribution in [0.2, 0.25) is 0 Å². The molecule has 0 amide bonds. The minimum absolute atomic E-state index is 0.507. The van der Waals surface area contributed by atoms with Gasteiger partial charge in [-0.1, -0.05) is 6.92 Å². The lowest BCUT2D eigenvalue weighted by Gasteiger charge is -2.08. The molecule has 1 fully saturated rings. The van der Waals surface area contributed by atoms with Crippen LogP contribution in [0.25, 0.3) is 11.3 Å². The zero-order valence-corrected chi connectivity index (χ0v) is 11.4. The maximum Gasteiger partial charge on any atom is 0.134 e. The maximum atomic E-state index is 6.01. The monoisotopic (exact) mass is 257 g/mol. The Labute approximate surface area is 112 Å². The fraction of sp³-hybridized carbons (Fsp3) is 0.500. The molecule has 19 heavy (non-hydrogen) atoms. The summed E-state index contributed by atoms with van der Waals surface area (Å²) < 4.78 is 1.95. The van der Waals surface area contributed by atoms with E-state index in [-0.39, 0.29) is 0 Å². The van der Waals surface area contributed by atoms with E-state index in [1.54, 1.807) is 0 Å². The van der Waals surface area contributed by atoms with Crippen molar-refractivity contribution in [2.45, 2.75) is 45.6 Å². The third kappa shape index (κ3) is 2.32. The fourth-order valence-electron chi connectivity index (χ4n) is 2.19. The van der Waals surface area contributed by atoms with Crippen LogP contribution in [0.3, 0.4) is 0 Å². The first kappa shape index (κ1) is 12.1. The first-order valence-electron chi connectivity index (χ1n) is 6.86. The van der Waals surface area contributed by atoms with Gasteiger partial charge in [0.1, 0.15) is 11.6 Å².